The molecule has 31 heavy (non-hydrogen) atoms. The van der Waals surface area contributed by atoms with E-state index >= 15 is 0 Å². The molecule has 3 rings (SSSR count). The molecule has 0 saturated heterocycles. The monoisotopic (exact) mass is 438 g/mol. The largest absolute Gasteiger partial charge is 0.378 e. The molecule has 168 valence electrons. The van der Waals surface area contributed by atoms with Crippen molar-refractivity contribution in [3.63, 3.8) is 0 Å². The molecule has 3 nitrogen and oxygen atoms in total. The first-order chi connectivity index (χ1) is 15.0. The third-order valence-electron chi connectivity index (χ3n) is 6.11. The fourth-order valence-electron chi connectivity index (χ4n) is 4.22. The number of hydrogen-bond acceptors (Lipinski definition) is 3. The summed E-state index contributed by atoms with van der Waals surface area (Å²) in [5, 5.41) is 1.34. The Kier molecular flexibility index (Phi) is 8.89. The summed E-state index contributed by atoms with van der Waals surface area (Å²) < 4.78 is 3.51. The quantitative estimate of drug-likeness (QED) is 0.191. The molecule has 0 atom stereocenters. The van der Waals surface area contributed by atoms with E-state index in [1.807, 2.05) is 11.3 Å². The van der Waals surface area contributed by atoms with E-state index in [4.69, 9.17) is 4.98 Å². The summed E-state index contributed by atoms with van der Waals surface area (Å²) in [7, 11) is 8.49. The second-order valence-electron chi connectivity index (χ2n) is 9.18. The molecule has 1 aromatic carbocycles. The summed E-state index contributed by atoms with van der Waals surface area (Å²) in [6.07, 6.45) is 13.5. The fraction of sp³-hybridized carbons (Fsp3) is 0.556. The number of nitrogens with zero attached hydrogens (tertiary/aromatic N) is 3. The highest BCUT2D eigenvalue weighted by Crippen LogP contribution is 2.32. The van der Waals surface area contributed by atoms with Crippen LogP contribution in [0.25, 0.3) is 20.8 Å². The van der Waals surface area contributed by atoms with Crippen LogP contribution < -0.4 is 14.8 Å². The normalized spacial score (nSPS) is 11.4. The van der Waals surface area contributed by atoms with Crippen molar-refractivity contribution in [3.05, 3.63) is 41.3 Å². The molecule has 0 aromatic heterocycles. The van der Waals surface area contributed by atoms with Crippen molar-refractivity contribution in [2.45, 2.75) is 71.1 Å². The van der Waals surface area contributed by atoms with Crippen molar-refractivity contribution >= 4 is 27.2 Å². The molecule has 1 heterocycles. The van der Waals surface area contributed by atoms with Gasteiger partial charge in [0.1, 0.15) is 14.1 Å². The van der Waals surface area contributed by atoms with Gasteiger partial charge in [0.05, 0.1) is 20.8 Å². The molecule has 0 N–H and O–H groups in total. The number of anilines is 1. The van der Waals surface area contributed by atoms with Crippen LogP contribution in [-0.4, -0.2) is 33.2 Å². The Balaban J connectivity index is 1.72. The third-order valence-corrected chi connectivity index (χ3v) is 7.21. The van der Waals surface area contributed by atoms with E-state index < -0.39 is 0 Å². The lowest BCUT2D eigenvalue weighted by atomic mass is 10.0. The lowest BCUT2D eigenvalue weighted by molar-refractivity contribution is 0.564. The Bertz CT molecular complexity index is 1010. The van der Waals surface area contributed by atoms with Crippen molar-refractivity contribution in [1.82, 2.24) is 9.56 Å². The maximum absolute atomic E-state index is 5.01. The topological polar surface area (TPSA) is 19.1 Å². The van der Waals surface area contributed by atoms with Crippen LogP contribution in [0.15, 0.2) is 30.3 Å². The maximum Gasteiger partial charge on any atom is 0.204 e. The van der Waals surface area contributed by atoms with E-state index in [9.17, 15) is 0 Å². The first-order valence-electron chi connectivity index (χ1n) is 12.0. The average molecular weight is 439 g/mol. The summed E-state index contributed by atoms with van der Waals surface area (Å²) >= 11 is 1.85. The molecular weight excluding hydrogens is 398 g/mol. The fourth-order valence-corrected chi connectivity index (χ4v) is 5.23. The van der Waals surface area contributed by atoms with Crippen LogP contribution in [-0.2, 0) is 6.42 Å². The zero-order valence-corrected chi connectivity index (χ0v) is 21.0. The van der Waals surface area contributed by atoms with Crippen molar-refractivity contribution in [3.8, 4) is 10.6 Å². The minimum atomic E-state index is 1.09. The van der Waals surface area contributed by atoms with Gasteiger partial charge in [-0.05, 0) is 37.1 Å². The second kappa shape index (κ2) is 11.6. The van der Waals surface area contributed by atoms with E-state index in [1.54, 1.807) is 0 Å². The highest BCUT2D eigenvalue weighted by molar-refractivity contribution is 7.21. The van der Waals surface area contributed by atoms with Crippen molar-refractivity contribution in [2.24, 2.45) is 0 Å². The first kappa shape index (κ1) is 23.7. The van der Waals surface area contributed by atoms with Crippen molar-refractivity contribution in [2.75, 3.05) is 33.1 Å². The molecule has 0 fully saturated rings. The van der Waals surface area contributed by atoms with Gasteiger partial charge in [0.15, 0.2) is 0 Å². The van der Waals surface area contributed by atoms with E-state index in [2.05, 4.69) is 74.9 Å². The zero-order chi connectivity index (χ0) is 22.2. The molecule has 4 heteroatoms. The second-order valence-corrected chi connectivity index (χ2v) is 10.3. The molecular formula is C27H40N3S+. The lowest BCUT2D eigenvalue weighted by Crippen LogP contribution is -2.26. The van der Waals surface area contributed by atoms with Gasteiger partial charge in [-0.25, -0.2) is 9.56 Å². The summed E-state index contributed by atoms with van der Waals surface area (Å²) in [6.45, 7) is 2.29. The van der Waals surface area contributed by atoms with Gasteiger partial charge in [-0.2, -0.15) is 0 Å². The highest BCUT2D eigenvalue weighted by atomic mass is 32.1. The molecule has 1 aromatic rings. The third kappa shape index (κ3) is 6.52. The van der Waals surface area contributed by atoms with Gasteiger partial charge in [-0.3, -0.25) is 0 Å². The predicted octanol–water partition coefficient (Wildman–Crippen LogP) is 6.57. The van der Waals surface area contributed by atoms with E-state index in [1.165, 1.54) is 84.0 Å². The van der Waals surface area contributed by atoms with Crippen molar-refractivity contribution in [1.29, 1.82) is 0 Å². The van der Waals surface area contributed by atoms with Crippen LogP contribution in [0.2, 0.25) is 0 Å². The first-order valence-corrected chi connectivity index (χ1v) is 12.9. The van der Waals surface area contributed by atoms with Crippen LogP contribution in [0.3, 0.4) is 0 Å². The molecule has 0 saturated carbocycles. The summed E-state index contributed by atoms with van der Waals surface area (Å²) in [5.41, 5.74) is 4.88. The molecule has 1 aliphatic heterocycles. The highest BCUT2D eigenvalue weighted by Gasteiger charge is 2.14. The Labute approximate surface area is 192 Å². The molecule has 0 bridgehead atoms. The number of aryl methyl sites for hydroxylation is 1. The maximum atomic E-state index is 5.01. The van der Waals surface area contributed by atoms with Crippen LogP contribution >= 0.6 is 11.3 Å². The molecule has 0 amide bonds. The van der Waals surface area contributed by atoms with Crippen molar-refractivity contribution < 1.29 is 0 Å². The summed E-state index contributed by atoms with van der Waals surface area (Å²) in [6, 6.07) is 11.2. The zero-order valence-electron chi connectivity index (χ0n) is 20.2. The van der Waals surface area contributed by atoms with Crippen LogP contribution in [0.1, 0.15) is 70.3 Å². The van der Waals surface area contributed by atoms with Crippen LogP contribution in [0.5, 0.6) is 0 Å². The molecule has 1 aliphatic carbocycles. The molecule has 0 unspecified atom stereocenters. The number of unbranched alkanes of at least 4 members (excludes halogenated alkanes) is 8. The SMILES string of the molecule is CCCCCCCCCCCc1cc2nc3ccc(N(C)C)cc3sc-2cc1=[N+](C)C. The molecule has 0 spiro atoms. The van der Waals surface area contributed by atoms with Crippen LogP contribution in [0, 0.1) is 0 Å². The standard InChI is InChI=1S/C27H40N3S/c1-6-7-8-9-10-11-12-13-14-15-21-18-24-27(20-25(21)30(4)5)31-26-19-22(29(2)3)16-17-23(26)28-24/h16-20H,6-15H2,1-5H3/q+1. The Morgan fingerprint density at radius 2 is 1.55 bits per heavy atom. The lowest BCUT2D eigenvalue weighted by Gasteiger charge is -2.14. The number of fused-ring (bicyclic) bond motifs is 2. The van der Waals surface area contributed by atoms with Gasteiger partial charge < -0.3 is 4.90 Å². The molecule has 0 radical (unpaired) electrons. The summed E-state index contributed by atoms with van der Waals surface area (Å²) in [4.78, 5) is 8.42. The Morgan fingerprint density at radius 1 is 0.871 bits per heavy atom. The van der Waals surface area contributed by atoms with Gasteiger partial charge in [0.25, 0.3) is 0 Å². The minimum absolute atomic E-state index is 1.09. The van der Waals surface area contributed by atoms with Gasteiger partial charge in [0.2, 0.25) is 5.36 Å². The van der Waals surface area contributed by atoms with Gasteiger partial charge in [-0.15, -0.1) is 11.3 Å². The summed E-state index contributed by atoms with van der Waals surface area (Å²) in [5.74, 6) is 0. The van der Waals surface area contributed by atoms with Gasteiger partial charge >= 0.3 is 0 Å². The molecule has 2 aliphatic rings. The number of aromatic nitrogens is 1. The van der Waals surface area contributed by atoms with Gasteiger partial charge in [0, 0.05) is 31.4 Å². The number of hydrogen-bond donors (Lipinski definition) is 0. The Hall–Kier alpha value is -1.94. The van der Waals surface area contributed by atoms with E-state index in [0.717, 1.165) is 17.6 Å². The average Bonchev–Trinajstić information content (AvgIpc) is 2.75. The van der Waals surface area contributed by atoms with Gasteiger partial charge in [-0.1, -0.05) is 58.3 Å². The van der Waals surface area contributed by atoms with E-state index in [-0.39, 0.29) is 0 Å². The predicted molar refractivity (Wildman–Crippen MR) is 139 cm³/mol. The number of benzene rings is 2. The Morgan fingerprint density at radius 3 is 2.19 bits per heavy atom. The number of rotatable bonds is 11. The van der Waals surface area contributed by atoms with Crippen LogP contribution in [0.4, 0.5) is 5.69 Å². The smallest absolute Gasteiger partial charge is 0.204 e. The minimum Gasteiger partial charge on any atom is -0.378 e. The van der Waals surface area contributed by atoms with E-state index in [0.29, 0.717) is 0 Å².